The van der Waals surface area contributed by atoms with Crippen LogP contribution >= 0.6 is 0 Å². The van der Waals surface area contributed by atoms with Crippen molar-refractivity contribution in [1.82, 2.24) is 9.78 Å². The molecule has 0 spiro atoms. The Labute approximate surface area is 194 Å². The average Bonchev–Trinajstić information content (AvgIpc) is 3.27. The lowest BCUT2D eigenvalue weighted by Crippen LogP contribution is -2.13. The van der Waals surface area contributed by atoms with E-state index in [1.165, 1.54) is 42.3 Å². The Morgan fingerprint density at radius 1 is 1.24 bits per heavy atom. The van der Waals surface area contributed by atoms with Crippen molar-refractivity contribution in [2.75, 3.05) is 19.0 Å². The van der Waals surface area contributed by atoms with Gasteiger partial charge in [0.15, 0.2) is 5.75 Å². The Morgan fingerprint density at radius 3 is 2.59 bits per heavy atom. The fourth-order valence-electron chi connectivity index (χ4n) is 3.16. The SMILES string of the molecule is CCOC(=O)c1ccc(NC(=O)c2cn(CCC#N)nc2-c2ccc(OC)c([N+](=O)[O-])c2)cc1. The van der Waals surface area contributed by atoms with E-state index in [1.807, 2.05) is 6.07 Å². The van der Waals surface area contributed by atoms with Gasteiger partial charge < -0.3 is 14.8 Å². The molecule has 0 saturated carbocycles. The second kappa shape index (κ2) is 10.7. The lowest BCUT2D eigenvalue weighted by Gasteiger charge is -2.08. The van der Waals surface area contributed by atoms with Crippen molar-refractivity contribution in [1.29, 1.82) is 5.26 Å². The van der Waals surface area contributed by atoms with Crippen LogP contribution in [0.4, 0.5) is 11.4 Å². The van der Waals surface area contributed by atoms with E-state index < -0.39 is 16.8 Å². The molecule has 0 aliphatic rings. The maximum atomic E-state index is 13.1. The van der Waals surface area contributed by atoms with Gasteiger partial charge in [0.1, 0.15) is 5.69 Å². The highest BCUT2D eigenvalue weighted by atomic mass is 16.6. The number of benzene rings is 2. The number of carbonyl (C=O) groups excluding carboxylic acids is 2. The zero-order valence-electron chi connectivity index (χ0n) is 18.5. The van der Waals surface area contributed by atoms with E-state index in [2.05, 4.69) is 10.4 Å². The van der Waals surface area contributed by atoms with E-state index in [0.717, 1.165) is 0 Å². The van der Waals surface area contributed by atoms with E-state index in [1.54, 1.807) is 25.1 Å². The van der Waals surface area contributed by atoms with Crippen molar-refractivity contribution in [3.63, 3.8) is 0 Å². The van der Waals surface area contributed by atoms with E-state index in [0.29, 0.717) is 16.8 Å². The number of aromatic nitrogens is 2. The van der Waals surface area contributed by atoms with Gasteiger partial charge in [-0.05, 0) is 43.3 Å². The van der Waals surface area contributed by atoms with Gasteiger partial charge in [0.25, 0.3) is 5.91 Å². The molecule has 0 atom stereocenters. The smallest absolute Gasteiger partial charge is 0.338 e. The van der Waals surface area contributed by atoms with Crippen molar-refractivity contribution in [3.05, 3.63) is 69.9 Å². The highest BCUT2D eigenvalue weighted by molar-refractivity contribution is 6.08. The molecule has 0 unspecified atom stereocenters. The molecule has 11 heteroatoms. The van der Waals surface area contributed by atoms with Crippen LogP contribution in [0.25, 0.3) is 11.3 Å². The Hall–Kier alpha value is -4.72. The summed E-state index contributed by atoms with van der Waals surface area (Å²) in [4.78, 5) is 35.7. The molecule has 3 rings (SSSR count). The number of esters is 1. The number of anilines is 1. The Morgan fingerprint density at radius 2 is 1.97 bits per heavy atom. The number of methoxy groups -OCH3 is 1. The molecule has 3 aromatic rings. The summed E-state index contributed by atoms with van der Waals surface area (Å²) < 4.78 is 11.4. The van der Waals surface area contributed by atoms with Crippen molar-refractivity contribution in [2.45, 2.75) is 19.9 Å². The normalized spacial score (nSPS) is 10.3. The minimum absolute atomic E-state index is 0.0744. The Kier molecular flexibility index (Phi) is 7.56. The maximum Gasteiger partial charge on any atom is 0.338 e. The van der Waals surface area contributed by atoms with Crippen molar-refractivity contribution < 1.29 is 24.0 Å². The summed E-state index contributed by atoms with van der Waals surface area (Å²) in [6.07, 6.45) is 1.64. The standard InChI is InChI=1S/C23H21N5O6/c1-3-34-23(30)15-5-8-17(9-6-15)25-22(29)18-14-27(12-4-11-24)26-21(18)16-7-10-20(33-2)19(13-16)28(31)32/h5-10,13-14H,3-4,12H2,1-2H3,(H,25,29). The van der Waals surface area contributed by atoms with Crippen LogP contribution in [0, 0.1) is 21.4 Å². The van der Waals surface area contributed by atoms with Crippen LogP contribution in [0.1, 0.15) is 34.1 Å². The Balaban J connectivity index is 1.94. The number of ether oxygens (including phenoxy) is 2. The lowest BCUT2D eigenvalue weighted by atomic mass is 10.1. The van der Waals surface area contributed by atoms with Crippen LogP contribution in [-0.4, -0.2) is 40.3 Å². The van der Waals surface area contributed by atoms with Crippen LogP contribution in [0.15, 0.2) is 48.7 Å². The van der Waals surface area contributed by atoms with Crippen LogP contribution in [0.3, 0.4) is 0 Å². The average molecular weight is 463 g/mol. The first-order chi connectivity index (χ1) is 16.4. The second-order valence-corrected chi connectivity index (χ2v) is 6.96. The number of nitrogens with one attached hydrogen (secondary N) is 1. The van der Waals surface area contributed by atoms with Crippen molar-refractivity contribution in [2.24, 2.45) is 0 Å². The third-order valence-electron chi connectivity index (χ3n) is 4.76. The number of rotatable bonds is 9. The number of amides is 1. The summed E-state index contributed by atoms with van der Waals surface area (Å²) in [5, 5.41) is 27.4. The maximum absolute atomic E-state index is 13.1. The molecular weight excluding hydrogens is 442 g/mol. The van der Waals surface area contributed by atoms with Gasteiger partial charge in [-0.3, -0.25) is 19.6 Å². The van der Waals surface area contributed by atoms with E-state index in [9.17, 15) is 19.7 Å². The van der Waals surface area contributed by atoms with Crippen LogP contribution < -0.4 is 10.1 Å². The van der Waals surface area contributed by atoms with Crippen LogP contribution in [0.5, 0.6) is 5.75 Å². The molecule has 0 fully saturated rings. The molecule has 0 radical (unpaired) electrons. The third kappa shape index (κ3) is 5.36. The van der Waals surface area contributed by atoms with Gasteiger partial charge in [-0.25, -0.2) is 4.79 Å². The van der Waals surface area contributed by atoms with E-state index in [-0.39, 0.29) is 42.3 Å². The number of hydrogen-bond donors (Lipinski definition) is 1. The molecule has 34 heavy (non-hydrogen) atoms. The summed E-state index contributed by atoms with van der Waals surface area (Å²) in [7, 11) is 1.32. The zero-order valence-corrected chi connectivity index (χ0v) is 18.5. The second-order valence-electron chi connectivity index (χ2n) is 6.96. The summed E-state index contributed by atoms with van der Waals surface area (Å²) in [6, 6.07) is 12.4. The first-order valence-corrected chi connectivity index (χ1v) is 10.2. The van der Waals surface area contributed by atoms with Crippen LogP contribution in [-0.2, 0) is 11.3 Å². The van der Waals surface area contributed by atoms with E-state index >= 15 is 0 Å². The fourth-order valence-corrected chi connectivity index (χ4v) is 3.16. The molecule has 0 bridgehead atoms. The molecule has 174 valence electrons. The zero-order chi connectivity index (χ0) is 24.7. The molecule has 0 aliphatic carbocycles. The van der Waals surface area contributed by atoms with E-state index in [4.69, 9.17) is 14.7 Å². The lowest BCUT2D eigenvalue weighted by molar-refractivity contribution is -0.385. The number of nitro benzene ring substituents is 1. The molecule has 0 saturated heterocycles. The van der Waals surface area contributed by atoms with Gasteiger partial charge in [0.2, 0.25) is 0 Å². The molecule has 11 nitrogen and oxygen atoms in total. The molecule has 1 N–H and O–H groups in total. The Bertz CT molecular complexity index is 1260. The summed E-state index contributed by atoms with van der Waals surface area (Å²) >= 11 is 0. The predicted molar refractivity (Wildman–Crippen MR) is 121 cm³/mol. The molecule has 0 aliphatic heterocycles. The number of aryl methyl sites for hydroxylation is 1. The minimum atomic E-state index is -0.583. The number of hydrogen-bond acceptors (Lipinski definition) is 8. The first-order valence-electron chi connectivity index (χ1n) is 10.2. The number of carbonyl (C=O) groups is 2. The minimum Gasteiger partial charge on any atom is -0.490 e. The third-order valence-corrected chi connectivity index (χ3v) is 4.76. The highest BCUT2D eigenvalue weighted by Crippen LogP contribution is 2.33. The van der Waals surface area contributed by atoms with Gasteiger partial charge in [0.05, 0.1) is 48.8 Å². The van der Waals surface area contributed by atoms with Gasteiger partial charge >= 0.3 is 11.7 Å². The molecule has 2 aromatic carbocycles. The van der Waals surface area contributed by atoms with Gasteiger partial charge in [-0.15, -0.1) is 0 Å². The van der Waals surface area contributed by atoms with Crippen LogP contribution in [0.2, 0.25) is 0 Å². The summed E-state index contributed by atoms with van der Waals surface area (Å²) in [5.74, 6) is -0.909. The molecule has 1 aromatic heterocycles. The highest BCUT2D eigenvalue weighted by Gasteiger charge is 2.22. The summed E-state index contributed by atoms with van der Waals surface area (Å²) in [5.41, 5.74) is 1.21. The topological polar surface area (TPSA) is 149 Å². The largest absolute Gasteiger partial charge is 0.490 e. The number of nitrogens with zero attached hydrogens (tertiary/aromatic N) is 4. The van der Waals surface area contributed by atoms with Crippen molar-refractivity contribution in [3.8, 4) is 23.1 Å². The van der Waals surface area contributed by atoms with Gasteiger partial charge in [-0.2, -0.15) is 10.4 Å². The predicted octanol–water partition coefficient (Wildman–Crippen LogP) is 3.81. The number of nitro groups is 1. The quantitative estimate of drug-likeness (QED) is 0.286. The molecule has 1 amide bonds. The summed E-state index contributed by atoms with van der Waals surface area (Å²) in [6.45, 7) is 2.20. The van der Waals surface area contributed by atoms with Gasteiger partial charge in [0, 0.05) is 23.5 Å². The van der Waals surface area contributed by atoms with Crippen molar-refractivity contribution >= 4 is 23.3 Å². The monoisotopic (exact) mass is 463 g/mol. The number of nitriles is 1. The fraction of sp³-hybridized carbons (Fsp3) is 0.217. The molecular formula is C23H21N5O6. The van der Waals surface area contributed by atoms with Gasteiger partial charge in [-0.1, -0.05) is 0 Å². The first kappa shape index (κ1) is 23.9. The molecule has 1 heterocycles.